The molecule has 0 aliphatic carbocycles. The molecule has 3 heteroatoms. The second-order valence-corrected chi connectivity index (χ2v) is 5.67. The summed E-state index contributed by atoms with van der Waals surface area (Å²) in [6.07, 6.45) is 0.392. The highest BCUT2D eigenvalue weighted by Crippen LogP contribution is 2.33. The second kappa shape index (κ2) is 6.65. The number of ether oxygens (including phenoxy) is 1. The number of rotatable bonds is 6. The Labute approximate surface area is 131 Å². The average Bonchev–Trinajstić information content (AvgIpc) is 2.49. The van der Waals surface area contributed by atoms with E-state index in [1.165, 1.54) is 0 Å². The summed E-state index contributed by atoms with van der Waals surface area (Å²) in [6, 6.07) is 15.3. The topological polar surface area (TPSA) is 46.5 Å². The lowest BCUT2D eigenvalue weighted by Crippen LogP contribution is -2.35. The fraction of sp³-hybridized carbons (Fsp3) is 0.316. The third kappa shape index (κ3) is 3.14. The van der Waals surface area contributed by atoms with Gasteiger partial charge in [0.2, 0.25) is 0 Å². The molecule has 0 aliphatic rings. The van der Waals surface area contributed by atoms with Crippen molar-refractivity contribution < 1.29 is 14.6 Å². The maximum atomic E-state index is 12.0. The molecular weight excluding hydrogens is 276 g/mol. The van der Waals surface area contributed by atoms with Crippen LogP contribution in [0.4, 0.5) is 0 Å². The monoisotopic (exact) mass is 298 g/mol. The van der Waals surface area contributed by atoms with Crippen molar-refractivity contribution in [2.24, 2.45) is 0 Å². The first-order valence-corrected chi connectivity index (χ1v) is 7.49. The molecule has 0 amide bonds. The quantitative estimate of drug-likeness (QED) is 0.877. The number of carboxylic acid groups (broad SMARTS) is 1. The van der Waals surface area contributed by atoms with E-state index < -0.39 is 11.4 Å². The minimum absolute atomic E-state index is 0.392. The van der Waals surface area contributed by atoms with Crippen LogP contribution in [0, 0.1) is 6.92 Å². The number of benzene rings is 2. The minimum Gasteiger partial charge on any atom is -0.494 e. The van der Waals surface area contributed by atoms with Gasteiger partial charge in [-0.3, -0.25) is 4.79 Å². The Morgan fingerprint density at radius 3 is 2.41 bits per heavy atom. The van der Waals surface area contributed by atoms with E-state index in [9.17, 15) is 9.90 Å². The number of hydrogen-bond donors (Lipinski definition) is 1. The van der Waals surface area contributed by atoms with Gasteiger partial charge in [-0.25, -0.2) is 0 Å². The van der Waals surface area contributed by atoms with Crippen molar-refractivity contribution >= 4 is 5.97 Å². The van der Waals surface area contributed by atoms with Gasteiger partial charge in [0.05, 0.1) is 12.0 Å². The van der Waals surface area contributed by atoms with Crippen LogP contribution in [0.25, 0.3) is 0 Å². The first-order chi connectivity index (χ1) is 10.5. The zero-order valence-electron chi connectivity index (χ0n) is 13.3. The van der Waals surface area contributed by atoms with Gasteiger partial charge in [-0.15, -0.1) is 0 Å². The summed E-state index contributed by atoms with van der Waals surface area (Å²) in [4.78, 5) is 12.0. The van der Waals surface area contributed by atoms with E-state index in [0.717, 1.165) is 22.4 Å². The Balaban J connectivity index is 2.46. The third-order valence-corrected chi connectivity index (χ3v) is 4.03. The number of aryl methyl sites for hydroxylation is 1. The largest absolute Gasteiger partial charge is 0.494 e. The van der Waals surface area contributed by atoms with Crippen molar-refractivity contribution in [3.8, 4) is 5.75 Å². The second-order valence-electron chi connectivity index (χ2n) is 5.67. The molecule has 0 aromatic heterocycles. The molecule has 1 N–H and O–H groups in total. The van der Waals surface area contributed by atoms with Crippen molar-refractivity contribution in [1.29, 1.82) is 0 Å². The Morgan fingerprint density at radius 2 is 1.77 bits per heavy atom. The van der Waals surface area contributed by atoms with Gasteiger partial charge in [-0.1, -0.05) is 42.5 Å². The lowest BCUT2D eigenvalue weighted by atomic mass is 9.75. The van der Waals surface area contributed by atoms with Crippen LogP contribution in [0.2, 0.25) is 0 Å². The zero-order valence-corrected chi connectivity index (χ0v) is 13.3. The van der Waals surface area contributed by atoms with Gasteiger partial charge in [-0.2, -0.15) is 0 Å². The molecule has 0 heterocycles. The molecular formula is C19H22O3. The maximum Gasteiger partial charge on any atom is 0.314 e. The minimum atomic E-state index is -0.988. The van der Waals surface area contributed by atoms with E-state index >= 15 is 0 Å². The highest BCUT2D eigenvalue weighted by molar-refractivity contribution is 5.82. The Hall–Kier alpha value is -2.29. The van der Waals surface area contributed by atoms with E-state index in [1.54, 1.807) is 6.92 Å². The molecule has 0 bridgehead atoms. The average molecular weight is 298 g/mol. The smallest absolute Gasteiger partial charge is 0.314 e. The van der Waals surface area contributed by atoms with Crippen molar-refractivity contribution in [1.82, 2.24) is 0 Å². The van der Waals surface area contributed by atoms with Crippen molar-refractivity contribution in [2.75, 3.05) is 6.61 Å². The Morgan fingerprint density at radius 1 is 1.14 bits per heavy atom. The van der Waals surface area contributed by atoms with Crippen molar-refractivity contribution in [3.63, 3.8) is 0 Å². The van der Waals surface area contributed by atoms with Gasteiger partial charge in [0, 0.05) is 0 Å². The number of hydrogen-bond acceptors (Lipinski definition) is 2. The summed E-state index contributed by atoms with van der Waals surface area (Å²) in [5.41, 5.74) is 1.76. The van der Waals surface area contributed by atoms with Gasteiger partial charge < -0.3 is 9.84 Å². The molecule has 2 rings (SSSR count). The Kier molecular flexibility index (Phi) is 4.86. The molecule has 2 aromatic carbocycles. The number of carbonyl (C=O) groups is 1. The van der Waals surface area contributed by atoms with E-state index in [-0.39, 0.29) is 0 Å². The predicted molar refractivity (Wildman–Crippen MR) is 87.5 cm³/mol. The normalized spacial score (nSPS) is 13.4. The van der Waals surface area contributed by atoms with Gasteiger partial charge in [0.25, 0.3) is 0 Å². The van der Waals surface area contributed by atoms with Crippen LogP contribution in [0.1, 0.15) is 30.5 Å². The predicted octanol–water partition coefficient (Wildman–Crippen LogP) is 3.98. The van der Waals surface area contributed by atoms with Crippen molar-refractivity contribution in [3.05, 3.63) is 65.2 Å². The molecule has 1 unspecified atom stereocenters. The lowest BCUT2D eigenvalue weighted by Gasteiger charge is -2.28. The lowest BCUT2D eigenvalue weighted by molar-refractivity contribution is -0.143. The molecule has 0 spiro atoms. The SMILES string of the molecule is CCOc1ccccc1CC(C)(C(=O)O)c1ccccc1C. The van der Waals surface area contributed by atoms with Crippen LogP contribution in [0.3, 0.4) is 0 Å². The third-order valence-electron chi connectivity index (χ3n) is 4.03. The van der Waals surface area contributed by atoms with Crippen LogP contribution in [-0.2, 0) is 16.6 Å². The standard InChI is InChI=1S/C19H22O3/c1-4-22-17-12-8-6-10-15(17)13-19(3,18(20)21)16-11-7-5-9-14(16)2/h5-12H,4,13H2,1-3H3,(H,20,21). The number of para-hydroxylation sites is 1. The van der Waals surface area contributed by atoms with Gasteiger partial charge in [0.1, 0.15) is 5.75 Å². The van der Waals surface area contributed by atoms with E-state index in [2.05, 4.69) is 0 Å². The first-order valence-electron chi connectivity index (χ1n) is 7.49. The van der Waals surface area contributed by atoms with Gasteiger partial charge >= 0.3 is 5.97 Å². The molecule has 22 heavy (non-hydrogen) atoms. The Bertz CT molecular complexity index is 663. The number of aliphatic carboxylic acids is 1. The molecule has 3 nitrogen and oxygen atoms in total. The van der Waals surface area contributed by atoms with Crippen LogP contribution < -0.4 is 4.74 Å². The zero-order chi connectivity index (χ0) is 16.2. The molecule has 1 atom stereocenters. The first kappa shape index (κ1) is 16.1. The molecule has 2 aromatic rings. The molecule has 0 radical (unpaired) electrons. The molecule has 0 saturated carbocycles. The summed E-state index contributed by atoms with van der Waals surface area (Å²) in [7, 11) is 0. The number of carboxylic acids is 1. The molecule has 0 fully saturated rings. The highest BCUT2D eigenvalue weighted by Gasteiger charge is 2.37. The van der Waals surface area contributed by atoms with E-state index in [1.807, 2.05) is 62.4 Å². The molecule has 0 saturated heterocycles. The van der Waals surface area contributed by atoms with Crippen LogP contribution in [0.15, 0.2) is 48.5 Å². The van der Waals surface area contributed by atoms with Crippen LogP contribution in [0.5, 0.6) is 5.75 Å². The van der Waals surface area contributed by atoms with Crippen LogP contribution in [-0.4, -0.2) is 17.7 Å². The summed E-state index contributed by atoms with van der Waals surface area (Å²) in [6.45, 7) is 6.21. The molecule has 116 valence electrons. The summed E-state index contributed by atoms with van der Waals surface area (Å²) in [5.74, 6) is -0.0702. The maximum absolute atomic E-state index is 12.0. The summed E-state index contributed by atoms with van der Waals surface area (Å²) < 4.78 is 5.64. The summed E-state index contributed by atoms with van der Waals surface area (Å²) >= 11 is 0. The fourth-order valence-corrected chi connectivity index (χ4v) is 2.81. The van der Waals surface area contributed by atoms with E-state index in [4.69, 9.17) is 4.74 Å². The van der Waals surface area contributed by atoms with E-state index in [0.29, 0.717) is 13.0 Å². The highest BCUT2D eigenvalue weighted by atomic mass is 16.5. The van der Waals surface area contributed by atoms with Crippen LogP contribution >= 0.6 is 0 Å². The fourth-order valence-electron chi connectivity index (χ4n) is 2.81. The molecule has 0 aliphatic heterocycles. The summed E-state index contributed by atoms with van der Waals surface area (Å²) in [5, 5.41) is 9.85. The van der Waals surface area contributed by atoms with Gasteiger partial charge in [0.15, 0.2) is 0 Å². The van der Waals surface area contributed by atoms with Crippen molar-refractivity contribution in [2.45, 2.75) is 32.6 Å². The van der Waals surface area contributed by atoms with Gasteiger partial charge in [-0.05, 0) is 49.9 Å².